The molecular weight excluding hydrogens is 657 g/mol. The van der Waals surface area contributed by atoms with Crippen LogP contribution in [0.1, 0.15) is 69.0 Å². The highest BCUT2D eigenvalue weighted by Crippen LogP contribution is 2.46. The number of piperazine rings is 1. The number of halogens is 3. The first-order valence-corrected chi connectivity index (χ1v) is 17.1. The zero-order chi connectivity index (χ0) is 33.9. The van der Waals surface area contributed by atoms with Crippen molar-refractivity contribution in [2.75, 3.05) is 45.9 Å². The van der Waals surface area contributed by atoms with Gasteiger partial charge < -0.3 is 15.0 Å². The number of rotatable bonds is 8. The largest absolute Gasteiger partial charge is 0.493 e. The van der Waals surface area contributed by atoms with Gasteiger partial charge in [0, 0.05) is 61.3 Å². The SMILES string of the molecule is CCOc1cc(C(C)(C)C)c(Cl)cc1C1=N[C@@H](c2ccc(Cl)cc2)[C@@H](c2ccc(Cl)cc2)N1C(=O)N1CCN(CCNC(C)=O)CC1. The van der Waals surface area contributed by atoms with Crippen molar-refractivity contribution in [1.29, 1.82) is 0 Å². The number of carbonyl (C=O) groups is 2. The molecule has 0 radical (unpaired) electrons. The van der Waals surface area contributed by atoms with Crippen molar-refractivity contribution in [2.24, 2.45) is 4.99 Å². The summed E-state index contributed by atoms with van der Waals surface area (Å²) in [5.41, 5.74) is 3.18. The van der Waals surface area contributed by atoms with Crippen LogP contribution < -0.4 is 10.1 Å². The Morgan fingerprint density at radius 1 is 0.915 bits per heavy atom. The third kappa shape index (κ3) is 8.06. The normalized spacial score (nSPS) is 18.7. The maximum atomic E-state index is 14.8. The van der Waals surface area contributed by atoms with E-state index in [1.165, 1.54) is 6.92 Å². The Bertz CT molecular complexity index is 1610. The van der Waals surface area contributed by atoms with Gasteiger partial charge in [-0.1, -0.05) is 79.8 Å². The van der Waals surface area contributed by atoms with Gasteiger partial charge in [-0.2, -0.15) is 0 Å². The maximum Gasteiger partial charge on any atom is 0.326 e. The Morgan fingerprint density at radius 3 is 2.06 bits per heavy atom. The Hall–Kier alpha value is -3.30. The summed E-state index contributed by atoms with van der Waals surface area (Å²) in [4.78, 5) is 37.4. The lowest BCUT2D eigenvalue weighted by Crippen LogP contribution is -2.54. The van der Waals surface area contributed by atoms with Crippen molar-refractivity contribution < 1.29 is 14.3 Å². The first-order chi connectivity index (χ1) is 22.4. The number of nitrogens with one attached hydrogen (secondary N) is 1. The molecule has 2 atom stereocenters. The highest BCUT2D eigenvalue weighted by Gasteiger charge is 2.45. The molecule has 5 rings (SSSR count). The van der Waals surface area contributed by atoms with Gasteiger partial charge in [0.15, 0.2) is 0 Å². The van der Waals surface area contributed by atoms with Crippen LogP contribution in [0, 0.1) is 0 Å². The van der Waals surface area contributed by atoms with E-state index in [9.17, 15) is 9.59 Å². The van der Waals surface area contributed by atoms with Gasteiger partial charge in [0.2, 0.25) is 5.91 Å². The second-order valence-corrected chi connectivity index (χ2v) is 14.2. The third-order valence-electron chi connectivity index (χ3n) is 8.56. The van der Waals surface area contributed by atoms with Crippen LogP contribution in [0.4, 0.5) is 4.79 Å². The zero-order valence-corrected chi connectivity index (χ0v) is 29.8. The zero-order valence-electron chi connectivity index (χ0n) is 27.5. The van der Waals surface area contributed by atoms with Crippen molar-refractivity contribution in [3.63, 3.8) is 0 Å². The highest BCUT2D eigenvalue weighted by atomic mass is 35.5. The van der Waals surface area contributed by atoms with Gasteiger partial charge in [0.25, 0.3) is 0 Å². The van der Waals surface area contributed by atoms with E-state index < -0.39 is 12.1 Å². The van der Waals surface area contributed by atoms with Gasteiger partial charge in [0.1, 0.15) is 17.6 Å². The number of aliphatic imine (C=N–C) groups is 1. The fraction of sp³-hybridized carbons (Fsp3) is 0.417. The van der Waals surface area contributed by atoms with E-state index >= 15 is 0 Å². The smallest absolute Gasteiger partial charge is 0.326 e. The fourth-order valence-corrected chi connectivity index (χ4v) is 6.84. The molecule has 3 aromatic rings. The summed E-state index contributed by atoms with van der Waals surface area (Å²) in [6.07, 6.45) is 0. The summed E-state index contributed by atoms with van der Waals surface area (Å²) >= 11 is 19.6. The van der Waals surface area contributed by atoms with Gasteiger partial charge >= 0.3 is 6.03 Å². The summed E-state index contributed by atoms with van der Waals surface area (Å²) in [6, 6.07) is 18.0. The van der Waals surface area contributed by atoms with E-state index in [0.29, 0.717) is 71.5 Å². The first kappa shape index (κ1) is 35.0. The van der Waals surface area contributed by atoms with Gasteiger partial charge in [-0.3, -0.25) is 19.6 Å². The summed E-state index contributed by atoms with van der Waals surface area (Å²) in [7, 11) is 0. The van der Waals surface area contributed by atoms with Crippen LogP contribution in [0.5, 0.6) is 5.75 Å². The maximum absolute atomic E-state index is 14.8. The van der Waals surface area contributed by atoms with Crippen molar-refractivity contribution in [3.8, 4) is 5.75 Å². The predicted octanol–water partition coefficient (Wildman–Crippen LogP) is 7.76. The Balaban J connectivity index is 1.61. The number of hydrogen-bond acceptors (Lipinski definition) is 5. The van der Waals surface area contributed by atoms with Crippen molar-refractivity contribution in [1.82, 2.24) is 20.0 Å². The Labute approximate surface area is 292 Å². The van der Waals surface area contributed by atoms with Crippen molar-refractivity contribution in [2.45, 2.75) is 52.1 Å². The molecule has 47 heavy (non-hydrogen) atoms. The number of urea groups is 1. The molecule has 2 heterocycles. The summed E-state index contributed by atoms with van der Waals surface area (Å²) in [5, 5.41) is 4.66. The number of nitrogens with zero attached hydrogens (tertiary/aromatic N) is 4. The quantitative estimate of drug-likeness (QED) is 0.261. The number of hydrogen-bond donors (Lipinski definition) is 1. The molecule has 11 heteroatoms. The Kier molecular flexibility index (Phi) is 11.1. The molecule has 1 N–H and O–H groups in total. The van der Waals surface area contributed by atoms with E-state index in [-0.39, 0.29) is 17.4 Å². The predicted molar refractivity (Wildman–Crippen MR) is 190 cm³/mol. The van der Waals surface area contributed by atoms with E-state index in [0.717, 1.165) is 23.2 Å². The molecule has 8 nitrogen and oxygen atoms in total. The van der Waals surface area contributed by atoms with E-state index in [4.69, 9.17) is 44.5 Å². The number of benzene rings is 3. The van der Waals surface area contributed by atoms with Crippen molar-refractivity contribution in [3.05, 3.63) is 98.0 Å². The molecule has 0 saturated carbocycles. The molecule has 3 amide bonds. The number of carbonyl (C=O) groups excluding carboxylic acids is 2. The molecule has 0 bridgehead atoms. The van der Waals surface area contributed by atoms with E-state index in [1.54, 1.807) is 4.90 Å². The minimum Gasteiger partial charge on any atom is -0.493 e. The average Bonchev–Trinajstić information content (AvgIpc) is 3.42. The molecule has 3 aromatic carbocycles. The summed E-state index contributed by atoms with van der Waals surface area (Å²) < 4.78 is 6.23. The number of ether oxygens (including phenoxy) is 1. The molecule has 1 fully saturated rings. The second-order valence-electron chi connectivity index (χ2n) is 12.9. The third-order valence-corrected chi connectivity index (χ3v) is 9.38. The lowest BCUT2D eigenvalue weighted by molar-refractivity contribution is -0.119. The topological polar surface area (TPSA) is 77.5 Å². The van der Waals surface area contributed by atoms with E-state index in [2.05, 4.69) is 31.0 Å². The number of amides is 3. The van der Waals surface area contributed by atoms with Crippen LogP contribution in [0.25, 0.3) is 0 Å². The van der Waals surface area contributed by atoms with Gasteiger partial charge in [0.05, 0.1) is 18.2 Å². The first-order valence-electron chi connectivity index (χ1n) is 16.0. The molecule has 0 spiro atoms. The van der Waals surface area contributed by atoms with Crippen LogP contribution >= 0.6 is 34.8 Å². The van der Waals surface area contributed by atoms with Gasteiger partial charge in [-0.15, -0.1) is 0 Å². The lowest BCUT2D eigenvalue weighted by Gasteiger charge is -2.39. The van der Waals surface area contributed by atoms with Gasteiger partial charge in [-0.25, -0.2) is 4.79 Å². The molecule has 1 saturated heterocycles. The fourth-order valence-electron chi connectivity index (χ4n) is 6.14. The second kappa shape index (κ2) is 14.9. The minimum absolute atomic E-state index is 0.0507. The standard InChI is InChI=1S/C36H42Cl3N5O3/c1-6-47-31-22-29(36(3,4)5)30(39)21-28(31)34-41-32(24-7-11-26(37)12-8-24)33(25-9-13-27(38)14-10-25)44(34)35(46)43-19-17-42(18-20-43)16-15-40-23(2)45/h7-14,21-22,32-33H,6,15-20H2,1-5H3,(H,40,45)/t32-,33+/m0/s1. The lowest BCUT2D eigenvalue weighted by atomic mass is 9.86. The van der Waals surface area contributed by atoms with Crippen LogP contribution in [-0.4, -0.2) is 78.3 Å². The number of amidine groups is 1. The van der Waals surface area contributed by atoms with E-state index in [1.807, 2.05) is 72.5 Å². The van der Waals surface area contributed by atoms with Crippen LogP contribution in [0.3, 0.4) is 0 Å². The van der Waals surface area contributed by atoms with Crippen LogP contribution in [0.2, 0.25) is 15.1 Å². The van der Waals surface area contributed by atoms with Gasteiger partial charge in [-0.05, 0) is 65.4 Å². The molecule has 0 unspecified atom stereocenters. The molecule has 250 valence electrons. The average molecular weight is 699 g/mol. The molecule has 0 aromatic heterocycles. The molecule has 2 aliphatic heterocycles. The highest BCUT2D eigenvalue weighted by molar-refractivity contribution is 6.32. The van der Waals surface area contributed by atoms with Crippen LogP contribution in [-0.2, 0) is 10.2 Å². The van der Waals surface area contributed by atoms with Crippen LogP contribution in [0.15, 0.2) is 65.7 Å². The molecule has 0 aliphatic carbocycles. The van der Waals surface area contributed by atoms with Crippen molar-refractivity contribution >= 4 is 52.6 Å². The molecule has 2 aliphatic rings. The Morgan fingerprint density at radius 2 is 1.51 bits per heavy atom. The minimum atomic E-state index is -0.482. The summed E-state index contributed by atoms with van der Waals surface area (Å²) in [5.74, 6) is 1.06. The summed E-state index contributed by atoms with van der Waals surface area (Å²) in [6.45, 7) is 13.9. The monoisotopic (exact) mass is 697 g/mol. The molecular formula is C36H42Cl3N5O3.